The van der Waals surface area contributed by atoms with E-state index in [-0.39, 0.29) is 5.38 Å². The first-order valence-corrected chi connectivity index (χ1v) is 7.26. The van der Waals surface area contributed by atoms with E-state index in [2.05, 4.69) is 48.0 Å². The Labute approximate surface area is 126 Å². The molecule has 0 heterocycles. The SMILES string of the molecule is Cc1ccc(C)c(C(Cl)c2ccc(Cl)c(Br)c2)c1. The Morgan fingerprint density at radius 3 is 2.44 bits per heavy atom. The Morgan fingerprint density at radius 1 is 1.06 bits per heavy atom. The van der Waals surface area contributed by atoms with Gasteiger partial charge in [0.2, 0.25) is 0 Å². The van der Waals surface area contributed by atoms with Crippen molar-refractivity contribution < 1.29 is 0 Å². The average Bonchev–Trinajstić information content (AvgIpc) is 2.35. The second-order valence-electron chi connectivity index (χ2n) is 4.40. The Bertz CT molecular complexity index is 579. The van der Waals surface area contributed by atoms with Crippen molar-refractivity contribution in [2.24, 2.45) is 0 Å². The minimum atomic E-state index is -0.154. The summed E-state index contributed by atoms with van der Waals surface area (Å²) in [7, 11) is 0. The van der Waals surface area contributed by atoms with E-state index in [1.165, 1.54) is 11.1 Å². The number of aryl methyl sites for hydroxylation is 2. The van der Waals surface area contributed by atoms with Gasteiger partial charge in [-0.1, -0.05) is 41.4 Å². The van der Waals surface area contributed by atoms with E-state index in [0.717, 1.165) is 15.6 Å². The van der Waals surface area contributed by atoms with Crippen LogP contribution in [-0.4, -0.2) is 0 Å². The lowest BCUT2D eigenvalue weighted by Crippen LogP contribution is -1.97. The molecule has 2 rings (SSSR count). The van der Waals surface area contributed by atoms with Crippen LogP contribution < -0.4 is 0 Å². The molecule has 0 nitrogen and oxygen atoms in total. The highest BCUT2D eigenvalue weighted by atomic mass is 79.9. The van der Waals surface area contributed by atoms with E-state index >= 15 is 0 Å². The minimum absolute atomic E-state index is 0.154. The van der Waals surface area contributed by atoms with Gasteiger partial charge in [0.15, 0.2) is 0 Å². The second-order valence-corrected chi connectivity index (χ2v) is 6.09. The monoisotopic (exact) mass is 342 g/mol. The normalized spacial score (nSPS) is 12.5. The van der Waals surface area contributed by atoms with Gasteiger partial charge in [0, 0.05) is 4.47 Å². The fraction of sp³-hybridized carbons (Fsp3) is 0.200. The van der Waals surface area contributed by atoms with Crippen molar-refractivity contribution in [1.82, 2.24) is 0 Å². The van der Waals surface area contributed by atoms with Crippen LogP contribution in [0.15, 0.2) is 40.9 Å². The third-order valence-corrected chi connectivity index (χ3v) is 4.65. The molecule has 0 spiro atoms. The molecule has 2 aromatic rings. The van der Waals surface area contributed by atoms with Crippen molar-refractivity contribution in [3.8, 4) is 0 Å². The van der Waals surface area contributed by atoms with Crippen molar-refractivity contribution in [3.63, 3.8) is 0 Å². The van der Waals surface area contributed by atoms with Crippen molar-refractivity contribution in [2.75, 3.05) is 0 Å². The molecule has 1 atom stereocenters. The van der Waals surface area contributed by atoms with Crippen LogP contribution >= 0.6 is 39.1 Å². The van der Waals surface area contributed by atoms with Crippen molar-refractivity contribution in [2.45, 2.75) is 19.2 Å². The zero-order chi connectivity index (χ0) is 13.3. The molecule has 2 aromatic carbocycles. The van der Waals surface area contributed by atoms with Crippen LogP contribution in [0.1, 0.15) is 27.6 Å². The molecule has 94 valence electrons. The van der Waals surface area contributed by atoms with Gasteiger partial charge in [-0.05, 0) is 58.6 Å². The van der Waals surface area contributed by atoms with Crippen LogP contribution in [-0.2, 0) is 0 Å². The largest absolute Gasteiger partial charge is 0.113 e. The highest BCUT2D eigenvalue weighted by Gasteiger charge is 2.14. The van der Waals surface area contributed by atoms with E-state index < -0.39 is 0 Å². The lowest BCUT2D eigenvalue weighted by Gasteiger charge is -2.14. The number of halogens is 3. The van der Waals surface area contributed by atoms with Crippen LogP contribution in [0, 0.1) is 13.8 Å². The Balaban J connectivity index is 2.44. The van der Waals surface area contributed by atoms with E-state index in [0.29, 0.717) is 5.02 Å². The molecule has 18 heavy (non-hydrogen) atoms. The molecule has 1 unspecified atom stereocenters. The van der Waals surface area contributed by atoms with Crippen LogP contribution in [0.4, 0.5) is 0 Å². The third-order valence-electron chi connectivity index (χ3n) is 2.94. The molecular weight excluding hydrogens is 331 g/mol. The van der Waals surface area contributed by atoms with Gasteiger partial charge >= 0.3 is 0 Å². The Kier molecular flexibility index (Phi) is 4.37. The number of rotatable bonds is 2. The number of benzene rings is 2. The number of hydrogen-bond donors (Lipinski definition) is 0. The van der Waals surface area contributed by atoms with Crippen molar-refractivity contribution >= 4 is 39.1 Å². The molecule has 0 aliphatic carbocycles. The molecule has 0 aliphatic rings. The van der Waals surface area contributed by atoms with E-state index in [9.17, 15) is 0 Å². The molecule has 0 saturated heterocycles. The first-order valence-electron chi connectivity index (χ1n) is 5.65. The maximum atomic E-state index is 6.57. The summed E-state index contributed by atoms with van der Waals surface area (Å²) in [6.45, 7) is 4.15. The molecule has 0 radical (unpaired) electrons. The predicted molar refractivity (Wildman–Crippen MR) is 82.8 cm³/mol. The molecular formula is C15H13BrCl2. The lowest BCUT2D eigenvalue weighted by molar-refractivity contribution is 1.10. The summed E-state index contributed by atoms with van der Waals surface area (Å²) in [6.07, 6.45) is 0. The van der Waals surface area contributed by atoms with Gasteiger partial charge in [0.1, 0.15) is 0 Å². The maximum absolute atomic E-state index is 6.57. The van der Waals surface area contributed by atoms with Gasteiger partial charge < -0.3 is 0 Å². The highest BCUT2D eigenvalue weighted by Crippen LogP contribution is 2.34. The minimum Gasteiger partial charge on any atom is -0.113 e. The third kappa shape index (κ3) is 2.90. The summed E-state index contributed by atoms with van der Waals surface area (Å²) >= 11 is 16.0. The van der Waals surface area contributed by atoms with Gasteiger partial charge in [-0.25, -0.2) is 0 Å². The summed E-state index contributed by atoms with van der Waals surface area (Å²) in [6, 6.07) is 12.1. The standard InChI is InChI=1S/C15H13BrCl2/c1-9-3-4-10(2)12(7-9)15(18)11-5-6-14(17)13(16)8-11/h3-8,15H,1-2H3. The second kappa shape index (κ2) is 5.64. The Hall–Kier alpha value is -0.500. The summed E-state index contributed by atoms with van der Waals surface area (Å²) < 4.78 is 0.873. The summed E-state index contributed by atoms with van der Waals surface area (Å²) in [4.78, 5) is 0. The number of alkyl halides is 1. The molecule has 0 saturated carbocycles. The van der Waals surface area contributed by atoms with Gasteiger partial charge in [-0.3, -0.25) is 0 Å². The molecule has 0 aliphatic heterocycles. The summed E-state index contributed by atoms with van der Waals surface area (Å²) in [5.74, 6) is 0. The van der Waals surface area contributed by atoms with Gasteiger partial charge in [0.25, 0.3) is 0 Å². The van der Waals surface area contributed by atoms with E-state index in [1.54, 1.807) is 0 Å². The predicted octanol–water partition coefficient (Wildman–Crippen LogP) is 6.05. The average molecular weight is 344 g/mol. The van der Waals surface area contributed by atoms with Crippen LogP contribution in [0.3, 0.4) is 0 Å². The lowest BCUT2D eigenvalue weighted by atomic mass is 9.98. The zero-order valence-corrected chi connectivity index (χ0v) is 13.3. The highest BCUT2D eigenvalue weighted by molar-refractivity contribution is 9.10. The topological polar surface area (TPSA) is 0 Å². The zero-order valence-electron chi connectivity index (χ0n) is 10.2. The molecule has 3 heteroatoms. The molecule has 0 amide bonds. The smallest absolute Gasteiger partial charge is 0.0838 e. The molecule has 0 fully saturated rings. The molecule has 0 N–H and O–H groups in total. The fourth-order valence-electron chi connectivity index (χ4n) is 1.88. The van der Waals surface area contributed by atoms with Gasteiger partial charge in [-0.2, -0.15) is 0 Å². The van der Waals surface area contributed by atoms with Crippen LogP contribution in [0.25, 0.3) is 0 Å². The summed E-state index contributed by atoms with van der Waals surface area (Å²) in [5, 5.41) is 0.544. The van der Waals surface area contributed by atoms with Crippen LogP contribution in [0.2, 0.25) is 5.02 Å². The first-order chi connectivity index (χ1) is 8.49. The van der Waals surface area contributed by atoms with Gasteiger partial charge in [0.05, 0.1) is 10.4 Å². The van der Waals surface area contributed by atoms with Gasteiger partial charge in [-0.15, -0.1) is 11.6 Å². The summed E-state index contributed by atoms with van der Waals surface area (Å²) in [5.41, 5.74) is 4.61. The van der Waals surface area contributed by atoms with Crippen molar-refractivity contribution in [3.05, 3.63) is 68.1 Å². The van der Waals surface area contributed by atoms with Crippen LogP contribution in [0.5, 0.6) is 0 Å². The van der Waals surface area contributed by atoms with E-state index in [1.807, 2.05) is 18.2 Å². The quantitative estimate of drug-likeness (QED) is 0.582. The van der Waals surface area contributed by atoms with Crippen molar-refractivity contribution in [1.29, 1.82) is 0 Å². The van der Waals surface area contributed by atoms with E-state index in [4.69, 9.17) is 23.2 Å². The fourth-order valence-corrected chi connectivity index (χ4v) is 2.77. The molecule has 0 bridgehead atoms. The first kappa shape index (κ1) is 13.9. The Morgan fingerprint density at radius 2 is 1.78 bits per heavy atom. The molecule has 0 aromatic heterocycles. The number of hydrogen-bond acceptors (Lipinski definition) is 0. The maximum Gasteiger partial charge on any atom is 0.0838 e.